The van der Waals surface area contributed by atoms with E-state index >= 15 is 0 Å². The zero-order chi connectivity index (χ0) is 27.1. The fraction of sp³-hybridized carbons (Fsp3) is 0.286. The molecule has 3 aromatic carbocycles. The van der Waals surface area contributed by atoms with E-state index in [0.717, 1.165) is 23.3 Å². The van der Waals surface area contributed by atoms with Crippen LogP contribution in [0.2, 0.25) is 0 Å². The Kier molecular flexibility index (Phi) is 6.77. The van der Waals surface area contributed by atoms with Crippen molar-refractivity contribution in [3.8, 4) is 5.75 Å². The highest BCUT2D eigenvalue weighted by Crippen LogP contribution is 2.55. The van der Waals surface area contributed by atoms with Gasteiger partial charge in [0.25, 0.3) is 5.91 Å². The Labute approximate surface area is 222 Å². The van der Waals surface area contributed by atoms with Crippen molar-refractivity contribution in [1.29, 1.82) is 0 Å². The van der Waals surface area contributed by atoms with Crippen LogP contribution in [-0.2, 0) is 28.9 Å². The summed E-state index contributed by atoms with van der Waals surface area (Å²) in [5, 5.41) is 2.95. The first kappa shape index (κ1) is 26.0. The molecule has 1 N–H and O–H groups in total. The van der Waals surface area contributed by atoms with Crippen LogP contribution in [-0.4, -0.2) is 36.2 Å². The van der Waals surface area contributed by atoms with Gasteiger partial charge in [0.15, 0.2) is 4.87 Å². The first-order valence-electron chi connectivity index (χ1n) is 12.0. The van der Waals surface area contributed by atoms with Gasteiger partial charge in [0.1, 0.15) is 5.75 Å². The highest BCUT2D eigenvalue weighted by molar-refractivity contribution is 8.01. The minimum Gasteiger partial charge on any atom is -0.497 e. The lowest BCUT2D eigenvalue weighted by Crippen LogP contribution is -2.53. The number of amides is 3. The Morgan fingerprint density at radius 1 is 1.08 bits per heavy atom. The molecule has 0 aromatic heterocycles. The summed E-state index contributed by atoms with van der Waals surface area (Å²) in [6.45, 7) is 2.72. The number of methoxy groups -OCH3 is 1. The molecule has 5 rings (SSSR count). The van der Waals surface area contributed by atoms with Gasteiger partial charge in [-0.1, -0.05) is 42.0 Å². The van der Waals surface area contributed by atoms with Crippen LogP contribution < -0.4 is 15.0 Å². The number of nitrogens with zero attached hydrogens (tertiary/aromatic N) is 2. The van der Waals surface area contributed by atoms with Gasteiger partial charge in [-0.2, -0.15) is 13.2 Å². The summed E-state index contributed by atoms with van der Waals surface area (Å²) in [5.74, 6) is 0.780. The van der Waals surface area contributed by atoms with Gasteiger partial charge < -0.3 is 15.0 Å². The number of nitrogens with one attached hydrogen (secondary N) is 1. The average Bonchev–Trinajstić information content (AvgIpc) is 3.44. The molecule has 3 aromatic rings. The molecule has 1 spiro atoms. The molecule has 3 amide bonds. The molecule has 2 aliphatic rings. The molecule has 6 nitrogen and oxygen atoms in total. The predicted octanol–water partition coefficient (Wildman–Crippen LogP) is 5.68. The quantitative estimate of drug-likeness (QED) is 0.452. The fourth-order valence-corrected chi connectivity index (χ4v) is 6.41. The second-order valence-electron chi connectivity index (χ2n) is 9.26. The van der Waals surface area contributed by atoms with Crippen molar-refractivity contribution in [1.82, 2.24) is 10.2 Å². The minimum atomic E-state index is -4.44. The molecule has 10 heteroatoms. The molecule has 1 fully saturated rings. The summed E-state index contributed by atoms with van der Waals surface area (Å²) in [6, 6.07) is 17.5. The Morgan fingerprint density at radius 2 is 1.84 bits per heavy atom. The number of anilines is 1. The summed E-state index contributed by atoms with van der Waals surface area (Å²) in [5.41, 5.74) is 3.05. The zero-order valence-corrected chi connectivity index (χ0v) is 21.7. The normalized spacial score (nSPS) is 18.7. The molecule has 1 saturated heterocycles. The summed E-state index contributed by atoms with van der Waals surface area (Å²) in [7, 11) is 1.53. The lowest BCUT2D eigenvalue weighted by molar-refractivity contribution is -0.137. The van der Waals surface area contributed by atoms with Crippen molar-refractivity contribution in [2.45, 2.75) is 31.1 Å². The van der Waals surface area contributed by atoms with Crippen molar-refractivity contribution in [3.05, 3.63) is 94.5 Å². The van der Waals surface area contributed by atoms with Crippen LogP contribution >= 0.6 is 11.8 Å². The number of hydrogen-bond donors (Lipinski definition) is 1. The number of fused-ring (bicyclic) bond motifs is 2. The molecule has 0 radical (unpaired) electrons. The molecule has 38 heavy (non-hydrogen) atoms. The zero-order valence-electron chi connectivity index (χ0n) is 20.8. The van der Waals surface area contributed by atoms with Crippen molar-refractivity contribution in [2.24, 2.45) is 0 Å². The van der Waals surface area contributed by atoms with E-state index in [1.165, 1.54) is 35.9 Å². The van der Waals surface area contributed by atoms with E-state index in [2.05, 4.69) is 5.32 Å². The molecule has 2 aliphatic heterocycles. The maximum absolute atomic E-state index is 14.1. The Morgan fingerprint density at radius 3 is 2.53 bits per heavy atom. The van der Waals surface area contributed by atoms with Crippen LogP contribution in [0.15, 0.2) is 66.7 Å². The number of benzene rings is 3. The maximum atomic E-state index is 14.1. The third-order valence-corrected chi connectivity index (χ3v) is 8.21. The third-order valence-electron chi connectivity index (χ3n) is 6.79. The summed E-state index contributed by atoms with van der Waals surface area (Å²) in [4.78, 5) is 29.4. The number of alkyl halides is 3. The van der Waals surface area contributed by atoms with E-state index < -0.39 is 16.6 Å². The first-order chi connectivity index (χ1) is 18.1. The number of thioether (sulfide) groups is 1. The minimum absolute atomic E-state index is 0.0668. The lowest BCUT2D eigenvalue weighted by atomic mass is 10.1. The number of urea groups is 1. The summed E-state index contributed by atoms with van der Waals surface area (Å²) in [6.07, 6.45) is -4.44. The number of halogens is 3. The molecule has 2 heterocycles. The Hall–Kier alpha value is -3.66. The van der Waals surface area contributed by atoms with Crippen LogP contribution in [0.5, 0.6) is 5.75 Å². The smallest absolute Gasteiger partial charge is 0.416 e. The monoisotopic (exact) mass is 541 g/mol. The van der Waals surface area contributed by atoms with Gasteiger partial charge in [-0.3, -0.25) is 9.69 Å². The maximum Gasteiger partial charge on any atom is 0.416 e. The molecule has 0 saturated carbocycles. The van der Waals surface area contributed by atoms with Crippen LogP contribution in [0.1, 0.15) is 27.8 Å². The van der Waals surface area contributed by atoms with Gasteiger partial charge >= 0.3 is 12.2 Å². The standard InChI is InChI=1S/C28H26F3N3O3S/c1-18-4-3-5-20(14-18)16-32-26(36)34-12-13-38-27(34)23-15-22(37-2)10-11-24(23)33(25(27)35)17-19-6-8-21(9-7-19)28(29,30)31/h3-11,14-15H,12-13,16-17H2,1-2H3,(H,32,36). The van der Waals surface area contributed by atoms with Crippen LogP contribution in [0.3, 0.4) is 0 Å². The predicted molar refractivity (Wildman–Crippen MR) is 140 cm³/mol. The molecule has 0 aliphatic carbocycles. The van der Waals surface area contributed by atoms with Crippen molar-refractivity contribution >= 4 is 29.4 Å². The molecular weight excluding hydrogens is 515 g/mol. The number of carbonyl (C=O) groups is 2. The van der Waals surface area contributed by atoms with Crippen molar-refractivity contribution in [3.63, 3.8) is 0 Å². The topological polar surface area (TPSA) is 61.9 Å². The van der Waals surface area contributed by atoms with Gasteiger partial charge in [-0.15, -0.1) is 11.8 Å². The highest BCUT2D eigenvalue weighted by Gasteiger charge is 2.59. The highest BCUT2D eigenvalue weighted by atomic mass is 32.2. The van der Waals surface area contributed by atoms with Crippen LogP contribution in [0.25, 0.3) is 0 Å². The lowest BCUT2D eigenvalue weighted by Gasteiger charge is -2.33. The summed E-state index contributed by atoms with van der Waals surface area (Å²) < 4.78 is 44.6. The van der Waals surface area contributed by atoms with Gasteiger partial charge in [-0.05, 0) is 48.4 Å². The number of hydrogen-bond acceptors (Lipinski definition) is 4. The van der Waals surface area contributed by atoms with Crippen molar-refractivity contribution in [2.75, 3.05) is 24.3 Å². The van der Waals surface area contributed by atoms with E-state index in [0.29, 0.717) is 41.4 Å². The van der Waals surface area contributed by atoms with Gasteiger partial charge in [0, 0.05) is 24.4 Å². The SMILES string of the molecule is COc1ccc2c(c1)C1(SCCN1C(=O)NCc1cccc(C)c1)C(=O)N2Cc1ccc(C(F)(F)F)cc1. The van der Waals surface area contributed by atoms with E-state index in [1.54, 1.807) is 23.1 Å². The molecule has 0 bridgehead atoms. The average molecular weight is 542 g/mol. The first-order valence-corrected chi connectivity index (χ1v) is 13.0. The second-order valence-corrected chi connectivity index (χ2v) is 10.5. The van der Waals surface area contributed by atoms with E-state index in [-0.39, 0.29) is 18.5 Å². The van der Waals surface area contributed by atoms with Crippen LogP contribution in [0.4, 0.5) is 23.7 Å². The van der Waals surface area contributed by atoms with Gasteiger partial charge in [-0.25, -0.2) is 4.79 Å². The Bertz CT molecular complexity index is 1380. The van der Waals surface area contributed by atoms with Gasteiger partial charge in [0.05, 0.1) is 24.9 Å². The van der Waals surface area contributed by atoms with Crippen molar-refractivity contribution < 1.29 is 27.5 Å². The molecule has 1 atom stereocenters. The number of carbonyl (C=O) groups excluding carboxylic acids is 2. The summed E-state index contributed by atoms with van der Waals surface area (Å²) >= 11 is 1.37. The fourth-order valence-electron chi connectivity index (χ4n) is 4.96. The Balaban J connectivity index is 1.46. The largest absolute Gasteiger partial charge is 0.497 e. The number of ether oxygens (including phenoxy) is 1. The van der Waals surface area contributed by atoms with Gasteiger partial charge in [0.2, 0.25) is 0 Å². The third kappa shape index (κ3) is 4.57. The van der Waals surface area contributed by atoms with E-state index in [4.69, 9.17) is 4.74 Å². The molecular formula is C28H26F3N3O3S. The molecule has 198 valence electrons. The van der Waals surface area contributed by atoms with E-state index in [1.807, 2.05) is 31.2 Å². The van der Waals surface area contributed by atoms with E-state index in [9.17, 15) is 22.8 Å². The number of aryl methyl sites for hydroxylation is 1. The molecule has 1 unspecified atom stereocenters. The van der Waals surface area contributed by atoms with Crippen LogP contribution in [0, 0.1) is 6.92 Å². The number of rotatable bonds is 5. The second kappa shape index (κ2) is 9.90.